The number of fused-ring (bicyclic) bond motifs is 1. The fourth-order valence-corrected chi connectivity index (χ4v) is 3.00. The Morgan fingerprint density at radius 3 is 2.91 bits per heavy atom. The summed E-state index contributed by atoms with van der Waals surface area (Å²) in [7, 11) is 3.16. The minimum atomic E-state index is -0.996. The zero-order valence-corrected chi connectivity index (χ0v) is 12.3. The van der Waals surface area contributed by atoms with Crippen LogP contribution in [0.1, 0.15) is 0 Å². The van der Waals surface area contributed by atoms with Crippen LogP contribution in [-0.4, -0.2) is 72.2 Å². The van der Waals surface area contributed by atoms with Gasteiger partial charge < -0.3 is 35.2 Å². The van der Waals surface area contributed by atoms with Gasteiger partial charge in [0.15, 0.2) is 12.0 Å². The lowest BCUT2D eigenvalue weighted by Crippen LogP contribution is -2.46. The van der Waals surface area contributed by atoms with Crippen molar-refractivity contribution >= 4 is 17.5 Å². The van der Waals surface area contributed by atoms with Crippen molar-refractivity contribution in [3.63, 3.8) is 0 Å². The quantitative estimate of drug-likeness (QED) is 0.483. The van der Waals surface area contributed by atoms with Crippen molar-refractivity contribution in [2.75, 3.05) is 43.0 Å². The third-order valence-corrected chi connectivity index (χ3v) is 3.98. The number of methoxy groups -OCH3 is 1. The smallest absolute Gasteiger partial charge is 0.278 e. The minimum Gasteiger partial charge on any atom is -0.394 e. The molecule has 2 aliphatic heterocycles. The molecule has 2 aliphatic rings. The fraction of sp³-hybridized carbons (Fsp3) is 0.667. The molecule has 10 nitrogen and oxygen atoms in total. The van der Waals surface area contributed by atoms with E-state index in [1.54, 1.807) is 16.8 Å². The second-order valence-electron chi connectivity index (χ2n) is 5.37. The third kappa shape index (κ3) is 2.11. The first-order valence-electron chi connectivity index (χ1n) is 6.82. The van der Waals surface area contributed by atoms with Crippen molar-refractivity contribution < 1.29 is 19.7 Å². The summed E-state index contributed by atoms with van der Waals surface area (Å²) in [6, 6.07) is 0. The van der Waals surface area contributed by atoms with Crippen LogP contribution in [0, 0.1) is 0 Å². The summed E-state index contributed by atoms with van der Waals surface area (Å²) >= 11 is 0. The predicted molar refractivity (Wildman–Crippen MR) is 77.6 cm³/mol. The van der Waals surface area contributed by atoms with Gasteiger partial charge in [-0.1, -0.05) is 0 Å². The Kier molecular flexibility index (Phi) is 3.68. The number of aromatic nitrogens is 2. The number of hydrogen-bond donors (Lipinski definition) is 4. The molecule has 0 bridgehead atoms. The van der Waals surface area contributed by atoms with E-state index in [4.69, 9.17) is 15.2 Å². The molecule has 0 unspecified atom stereocenters. The predicted octanol–water partition coefficient (Wildman–Crippen LogP) is -2.34. The average Bonchev–Trinajstić information content (AvgIpc) is 2.96. The number of aromatic amines is 1. The van der Waals surface area contributed by atoms with E-state index in [0.717, 1.165) is 0 Å². The Bertz CT molecular complexity index is 622. The molecule has 4 atom stereocenters. The van der Waals surface area contributed by atoms with Crippen molar-refractivity contribution in [3.05, 3.63) is 10.4 Å². The first kappa shape index (κ1) is 15.0. The first-order valence-corrected chi connectivity index (χ1v) is 6.82. The number of anilines is 3. The Hall–Kier alpha value is -1.88. The molecular formula is C12H19N5O5. The van der Waals surface area contributed by atoms with E-state index < -0.39 is 24.5 Å². The van der Waals surface area contributed by atoms with Crippen molar-refractivity contribution in [3.8, 4) is 0 Å². The zero-order valence-electron chi connectivity index (χ0n) is 12.3. The van der Waals surface area contributed by atoms with E-state index in [2.05, 4.69) is 9.97 Å². The summed E-state index contributed by atoms with van der Waals surface area (Å²) < 4.78 is 10.9. The number of nitrogens with two attached hydrogens (primary N) is 1. The van der Waals surface area contributed by atoms with Crippen molar-refractivity contribution in [1.82, 2.24) is 9.97 Å². The van der Waals surface area contributed by atoms with E-state index >= 15 is 0 Å². The maximum Gasteiger partial charge on any atom is 0.278 e. The Labute approximate surface area is 126 Å². The number of aliphatic hydroxyl groups is 2. The van der Waals surface area contributed by atoms with Gasteiger partial charge in [-0.3, -0.25) is 9.78 Å². The minimum absolute atomic E-state index is 0.0152. The maximum atomic E-state index is 12.0. The van der Waals surface area contributed by atoms with E-state index in [9.17, 15) is 15.0 Å². The molecule has 3 rings (SSSR count). The zero-order chi connectivity index (χ0) is 16.0. The SMILES string of the molecule is CO[C@H]1[C@@H](O)[C@H](N2CN(C)c3c2nc(N)[nH]c3=O)O[C@@H]1CO. The maximum absolute atomic E-state index is 12.0. The van der Waals surface area contributed by atoms with Gasteiger partial charge in [-0.05, 0) is 0 Å². The summed E-state index contributed by atoms with van der Waals surface area (Å²) in [6.45, 7) is 0.0126. The number of nitrogens with zero attached hydrogens (tertiary/aromatic N) is 3. The van der Waals surface area contributed by atoms with Gasteiger partial charge in [-0.25, -0.2) is 0 Å². The molecule has 1 fully saturated rings. The number of nitrogen functional groups attached to an aromatic ring is 1. The van der Waals surface area contributed by atoms with E-state index in [1.165, 1.54) is 7.11 Å². The van der Waals surface area contributed by atoms with Gasteiger partial charge in [0.25, 0.3) is 5.56 Å². The molecule has 10 heteroatoms. The molecule has 1 aromatic heterocycles. The molecule has 0 aromatic carbocycles. The number of aliphatic hydroxyl groups excluding tert-OH is 2. The van der Waals surface area contributed by atoms with Gasteiger partial charge >= 0.3 is 0 Å². The summed E-state index contributed by atoms with van der Waals surface area (Å²) in [5, 5.41) is 19.7. The second-order valence-corrected chi connectivity index (χ2v) is 5.37. The molecule has 0 amide bonds. The molecule has 0 aliphatic carbocycles. The summed E-state index contributed by atoms with van der Waals surface area (Å²) in [5.41, 5.74) is 5.59. The number of H-pyrrole nitrogens is 1. The monoisotopic (exact) mass is 313 g/mol. The topological polar surface area (TPSA) is 137 Å². The highest BCUT2D eigenvalue weighted by Gasteiger charge is 2.49. The van der Waals surface area contributed by atoms with Crippen LogP contribution in [0.3, 0.4) is 0 Å². The standard InChI is InChI=1S/C12H19N5O5/c1-16-4-17(9-6(16)10(20)15-12(13)14-9)11-7(19)8(21-2)5(3-18)22-11/h5,7-8,11,18-19H,3-4H2,1-2H3,(H3,13,14,15,20)/t5-,7-,8-,11-/m1/s1. The number of rotatable bonds is 3. The van der Waals surface area contributed by atoms with Crippen molar-refractivity contribution in [1.29, 1.82) is 0 Å². The van der Waals surface area contributed by atoms with Crippen LogP contribution < -0.4 is 21.1 Å². The third-order valence-electron chi connectivity index (χ3n) is 3.98. The molecule has 1 aromatic rings. The second kappa shape index (κ2) is 5.39. The van der Waals surface area contributed by atoms with Crippen LogP contribution >= 0.6 is 0 Å². The molecular weight excluding hydrogens is 294 g/mol. The van der Waals surface area contributed by atoms with Crippen LogP contribution in [-0.2, 0) is 9.47 Å². The molecule has 0 radical (unpaired) electrons. The highest BCUT2D eigenvalue weighted by atomic mass is 16.6. The van der Waals surface area contributed by atoms with Gasteiger partial charge in [-0.2, -0.15) is 4.98 Å². The van der Waals surface area contributed by atoms with Gasteiger partial charge in [0.2, 0.25) is 5.95 Å². The van der Waals surface area contributed by atoms with Gasteiger partial charge in [0, 0.05) is 14.2 Å². The molecule has 0 saturated carbocycles. The molecule has 22 heavy (non-hydrogen) atoms. The first-order chi connectivity index (χ1) is 10.5. The largest absolute Gasteiger partial charge is 0.394 e. The lowest BCUT2D eigenvalue weighted by Gasteiger charge is -2.27. The summed E-state index contributed by atoms with van der Waals surface area (Å²) in [4.78, 5) is 21.9. The number of nitrogens with one attached hydrogen (secondary N) is 1. The summed E-state index contributed by atoms with van der Waals surface area (Å²) in [6.07, 6.45) is -3.11. The van der Waals surface area contributed by atoms with E-state index in [1.807, 2.05) is 0 Å². The van der Waals surface area contributed by atoms with Crippen LogP contribution in [0.2, 0.25) is 0 Å². The van der Waals surface area contributed by atoms with E-state index in [-0.39, 0.29) is 18.1 Å². The van der Waals surface area contributed by atoms with Gasteiger partial charge in [0.1, 0.15) is 24.0 Å². The normalized spacial score (nSPS) is 30.9. The Balaban J connectivity index is 1.97. The molecule has 3 heterocycles. The van der Waals surface area contributed by atoms with Crippen molar-refractivity contribution in [2.45, 2.75) is 24.5 Å². The highest BCUT2D eigenvalue weighted by molar-refractivity contribution is 5.72. The highest BCUT2D eigenvalue weighted by Crippen LogP contribution is 2.36. The lowest BCUT2D eigenvalue weighted by molar-refractivity contribution is -0.0360. The van der Waals surface area contributed by atoms with Gasteiger partial charge in [0.05, 0.1) is 13.3 Å². The number of hydrogen-bond acceptors (Lipinski definition) is 9. The molecule has 122 valence electrons. The Morgan fingerprint density at radius 1 is 1.59 bits per heavy atom. The van der Waals surface area contributed by atoms with Crippen molar-refractivity contribution in [2.24, 2.45) is 0 Å². The van der Waals surface area contributed by atoms with Crippen LogP contribution in [0.5, 0.6) is 0 Å². The Morgan fingerprint density at radius 2 is 2.32 bits per heavy atom. The van der Waals surface area contributed by atoms with Crippen LogP contribution in [0.4, 0.5) is 17.5 Å². The molecule has 5 N–H and O–H groups in total. The molecule has 0 spiro atoms. The van der Waals surface area contributed by atoms with E-state index in [0.29, 0.717) is 18.2 Å². The van der Waals surface area contributed by atoms with Crippen LogP contribution in [0.25, 0.3) is 0 Å². The molecule has 1 saturated heterocycles. The average molecular weight is 313 g/mol. The van der Waals surface area contributed by atoms with Crippen LogP contribution in [0.15, 0.2) is 4.79 Å². The lowest BCUT2D eigenvalue weighted by atomic mass is 10.1. The fourth-order valence-electron chi connectivity index (χ4n) is 3.00. The summed E-state index contributed by atoms with van der Waals surface area (Å²) in [5.74, 6) is 0.319. The number of ether oxygens (including phenoxy) is 2. The van der Waals surface area contributed by atoms with Gasteiger partial charge in [-0.15, -0.1) is 0 Å².